The van der Waals surface area contributed by atoms with E-state index >= 15 is 0 Å². The lowest BCUT2D eigenvalue weighted by Gasteiger charge is -2.18. The second kappa shape index (κ2) is 8.45. The lowest BCUT2D eigenvalue weighted by atomic mass is 10.0. The summed E-state index contributed by atoms with van der Waals surface area (Å²) in [7, 11) is 0. The van der Waals surface area contributed by atoms with Crippen LogP contribution in [0.4, 0.5) is 5.69 Å². The fraction of sp³-hybridized carbons (Fsp3) is 0.0909. The van der Waals surface area contributed by atoms with E-state index in [-0.39, 0.29) is 17.0 Å². The number of carbonyl (C=O) groups is 2. The molecule has 0 fully saturated rings. The van der Waals surface area contributed by atoms with Gasteiger partial charge in [-0.05, 0) is 29.8 Å². The number of hydrogen-bond acceptors (Lipinski definition) is 4. The molecule has 0 aliphatic rings. The van der Waals surface area contributed by atoms with Gasteiger partial charge in [0.15, 0.2) is 0 Å². The van der Waals surface area contributed by atoms with Gasteiger partial charge in [-0.3, -0.25) is 14.4 Å². The number of benzene rings is 2. The molecule has 4 rings (SSSR count). The summed E-state index contributed by atoms with van der Waals surface area (Å²) in [5.41, 5.74) is 1.87. The summed E-state index contributed by atoms with van der Waals surface area (Å²) in [5, 5.41) is 12.3. The van der Waals surface area contributed by atoms with Crippen molar-refractivity contribution < 1.29 is 14.7 Å². The van der Waals surface area contributed by atoms with Crippen molar-refractivity contribution in [1.29, 1.82) is 0 Å². The highest BCUT2D eigenvalue weighted by Crippen LogP contribution is 2.28. The number of carboxylic acids is 1. The van der Waals surface area contributed by atoms with Crippen molar-refractivity contribution in [3.63, 3.8) is 0 Å². The average Bonchev–Trinajstić information content (AvgIpc) is 3.17. The van der Waals surface area contributed by atoms with E-state index in [9.17, 15) is 19.5 Å². The largest absolute Gasteiger partial charge is 0.481 e. The number of amides is 1. The smallest absolute Gasteiger partial charge is 0.305 e. The van der Waals surface area contributed by atoms with Gasteiger partial charge in [0, 0.05) is 11.9 Å². The van der Waals surface area contributed by atoms with Gasteiger partial charge in [0.25, 0.3) is 11.5 Å². The van der Waals surface area contributed by atoms with Gasteiger partial charge in [-0.1, -0.05) is 41.9 Å². The number of fused-ring (bicyclic) bond motifs is 1. The zero-order chi connectivity index (χ0) is 22.0. The molecular weight excluding hydrogens is 420 g/mol. The van der Waals surface area contributed by atoms with Crippen molar-refractivity contribution in [3.05, 3.63) is 93.6 Å². The van der Waals surface area contributed by atoms with Crippen molar-refractivity contribution in [3.8, 4) is 0 Å². The minimum absolute atomic E-state index is 0.117. The monoisotopic (exact) mass is 436 g/mol. The molecule has 31 heavy (non-hydrogen) atoms. The molecule has 9 heteroatoms. The molecule has 156 valence electrons. The van der Waals surface area contributed by atoms with Crippen LogP contribution >= 0.6 is 11.6 Å². The van der Waals surface area contributed by atoms with Crippen LogP contribution in [0.1, 0.15) is 28.4 Å². The molecule has 1 atom stereocenters. The van der Waals surface area contributed by atoms with Crippen LogP contribution in [-0.2, 0) is 4.79 Å². The Hall–Kier alpha value is -3.91. The van der Waals surface area contributed by atoms with Crippen LogP contribution in [0.3, 0.4) is 0 Å². The van der Waals surface area contributed by atoms with E-state index in [2.05, 4.69) is 15.3 Å². The Bertz CT molecular complexity index is 1330. The van der Waals surface area contributed by atoms with E-state index in [0.717, 1.165) is 5.56 Å². The van der Waals surface area contributed by atoms with E-state index in [4.69, 9.17) is 11.6 Å². The highest BCUT2D eigenvalue weighted by Gasteiger charge is 2.20. The normalized spacial score (nSPS) is 11.9. The van der Waals surface area contributed by atoms with Gasteiger partial charge in [0.05, 0.1) is 34.8 Å². The van der Waals surface area contributed by atoms with Gasteiger partial charge in [-0.15, -0.1) is 0 Å². The minimum atomic E-state index is -0.944. The Labute approximate surface area is 181 Å². The summed E-state index contributed by atoms with van der Waals surface area (Å²) in [6.07, 6.45) is 2.75. The number of halogens is 1. The molecule has 0 aliphatic carbocycles. The summed E-state index contributed by atoms with van der Waals surface area (Å²) in [5.74, 6) is -1.56. The van der Waals surface area contributed by atoms with Gasteiger partial charge in [0.1, 0.15) is 5.56 Å². The Balaban J connectivity index is 1.71. The third-order valence-corrected chi connectivity index (χ3v) is 5.05. The van der Waals surface area contributed by atoms with Crippen molar-refractivity contribution in [1.82, 2.24) is 14.5 Å². The Morgan fingerprint density at radius 2 is 1.94 bits per heavy atom. The van der Waals surface area contributed by atoms with Crippen molar-refractivity contribution in [2.24, 2.45) is 0 Å². The van der Waals surface area contributed by atoms with Crippen LogP contribution < -0.4 is 10.9 Å². The predicted octanol–water partition coefficient (Wildman–Crippen LogP) is 3.69. The van der Waals surface area contributed by atoms with Crippen LogP contribution in [0, 0.1) is 0 Å². The van der Waals surface area contributed by atoms with Gasteiger partial charge in [-0.2, -0.15) is 0 Å². The molecule has 0 saturated heterocycles. The molecule has 0 saturated carbocycles. The number of anilines is 1. The number of nitrogens with zero attached hydrogens (tertiary/aromatic N) is 2. The first-order chi connectivity index (χ1) is 14.9. The maximum absolute atomic E-state index is 12.6. The number of rotatable bonds is 6. The fourth-order valence-electron chi connectivity index (χ4n) is 3.39. The summed E-state index contributed by atoms with van der Waals surface area (Å²) in [4.78, 5) is 42.8. The predicted molar refractivity (Wildman–Crippen MR) is 117 cm³/mol. The van der Waals surface area contributed by atoms with Crippen LogP contribution in [0.5, 0.6) is 0 Å². The van der Waals surface area contributed by atoms with E-state index in [1.54, 1.807) is 29.1 Å². The van der Waals surface area contributed by atoms with Gasteiger partial charge in [-0.25, -0.2) is 4.98 Å². The molecular formula is C22H17ClN4O4. The van der Waals surface area contributed by atoms with E-state index in [0.29, 0.717) is 16.7 Å². The lowest BCUT2D eigenvalue weighted by molar-refractivity contribution is -0.137. The molecule has 2 aromatic heterocycles. The maximum atomic E-state index is 12.6. The first-order valence-corrected chi connectivity index (χ1v) is 9.73. The fourth-order valence-corrected chi connectivity index (χ4v) is 3.56. The third-order valence-electron chi connectivity index (χ3n) is 4.83. The summed E-state index contributed by atoms with van der Waals surface area (Å²) in [6.45, 7) is 0. The molecule has 0 aliphatic heterocycles. The highest BCUT2D eigenvalue weighted by atomic mass is 35.5. The number of hydrogen-bond donors (Lipinski definition) is 3. The third kappa shape index (κ3) is 4.34. The first-order valence-electron chi connectivity index (χ1n) is 9.35. The molecule has 1 unspecified atom stereocenters. The molecule has 2 heterocycles. The molecule has 1 amide bonds. The van der Waals surface area contributed by atoms with Crippen LogP contribution in [-0.4, -0.2) is 31.5 Å². The highest BCUT2D eigenvalue weighted by molar-refractivity contribution is 6.30. The van der Waals surface area contributed by atoms with Crippen LogP contribution in [0.2, 0.25) is 5.02 Å². The van der Waals surface area contributed by atoms with Crippen molar-refractivity contribution in [2.75, 3.05) is 5.32 Å². The number of imidazole rings is 1. The molecule has 4 aromatic rings. The van der Waals surface area contributed by atoms with E-state index in [1.165, 1.54) is 12.3 Å². The molecule has 8 nitrogen and oxygen atoms in total. The summed E-state index contributed by atoms with van der Waals surface area (Å²) in [6, 6.07) is 15.1. The number of H-pyrrole nitrogens is 1. The molecule has 3 N–H and O–H groups in total. The zero-order valence-corrected chi connectivity index (χ0v) is 16.8. The van der Waals surface area contributed by atoms with E-state index < -0.39 is 23.5 Å². The van der Waals surface area contributed by atoms with Gasteiger partial charge >= 0.3 is 5.97 Å². The maximum Gasteiger partial charge on any atom is 0.305 e. The van der Waals surface area contributed by atoms with Crippen LogP contribution in [0.25, 0.3) is 11.0 Å². The second-order valence-electron chi connectivity index (χ2n) is 6.89. The Morgan fingerprint density at radius 3 is 2.68 bits per heavy atom. The topological polar surface area (TPSA) is 117 Å². The number of nitrogens with one attached hydrogen (secondary N) is 2. The van der Waals surface area contributed by atoms with Crippen molar-refractivity contribution >= 4 is 40.2 Å². The summed E-state index contributed by atoms with van der Waals surface area (Å²) >= 11 is 5.87. The molecule has 0 spiro atoms. The molecule has 0 radical (unpaired) electrons. The molecule has 0 bridgehead atoms. The van der Waals surface area contributed by atoms with Crippen LogP contribution in [0.15, 0.2) is 71.9 Å². The second-order valence-corrected chi connectivity index (χ2v) is 7.33. The Morgan fingerprint density at radius 1 is 1.16 bits per heavy atom. The lowest BCUT2D eigenvalue weighted by Crippen LogP contribution is -2.22. The number of carboxylic acid groups (broad SMARTS) is 1. The standard InChI is InChI=1S/C22H17ClN4O4/c23-14-8-16(21(30)24-11-14)22(31)26-15-6-7-17-19(9-15)27(12-25-17)18(10-20(28)29)13-4-2-1-3-5-13/h1-9,11-12,18H,10H2,(H,24,30)(H,26,31)(H,28,29). The minimum Gasteiger partial charge on any atom is -0.481 e. The van der Waals surface area contributed by atoms with Crippen molar-refractivity contribution in [2.45, 2.75) is 12.5 Å². The number of pyridine rings is 1. The SMILES string of the molecule is O=C(O)CC(c1ccccc1)n1cnc2ccc(NC(=O)c3cc(Cl)c[nH]c3=O)cc21. The first kappa shape index (κ1) is 20.4. The molecule has 2 aromatic carbocycles. The number of aliphatic carboxylic acids is 1. The number of aromatic nitrogens is 3. The summed E-state index contributed by atoms with van der Waals surface area (Å²) < 4.78 is 1.76. The number of aromatic amines is 1. The Kier molecular flexibility index (Phi) is 5.55. The zero-order valence-electron chi connectivity index (χ0n) is 16.1. The van der Waals surface area contributed by atoms with E-state index in [1.807, 2.05) is 30.3 Å². The van der Waals surface area contributed by atoms with Gasteiger partial charge < -0.3 is 20.0 Å². The quantitative estimate of drug-likeness (QED) is 0.426. The number of carbonyl (C=O) groups excluding carboxylic acids is 1. The average molecular weight is 437 g/mol. The van der Waals surface area contributed by atoms with Gasteiger partial charge in [0.2, 0.25) is 0 Å².